The van der Waals surface area contributed by atoms with E-state index in [2.05, 4.69) is 22.5 Å². The summed E-state index contributed by atoms with van der Waals surface area (Å²) < 4.78 is 6.61. The van der Waals surface area contributed by atoms with Gasteiger partial charge in [-0.25, -0.2) is 0 Å². The zero-order chi connectivity index (χ0) is 21.9. The van der Waals surface area contributed by atoms with Crippen LogP contribution >= 0.6 is 15.9 Å². The number of aliphatic hydroxyl groups excluding tert-OH is 2. The normalized spacial score (nSPS) is 13.2. The number of hydrogen-bond donors (Lipinski definition) is 3. The maximum Gasteiger partial charge on any atom is 0.122 e. The lowest BCUT2D eigenvalue weighted by Crippen LogP contribution is -2.16. The average Bonchev–Trinajstić information content (AvgIpc) is 2.76. The Bertz CT molecular complexity index is 887. The highest BCUT2D eigenvalue weighted by Crippen LogP contribution is 2.27. The summed E-state index contributed by atoms with van der Waals surface area (Å²) in [6.07, 6.45) is 4.70. The third kappa shape index (κ3) is 7.48. The molecule has 3 N–H and O–H groups in total. The molecule has 30 heavy (non-hydrogen) atoms. The molecule has 0 aromatic heterocycles. The molecule has 0 bridgehead atoms. The summed E-state index contributed by atoms with van der Waals surface area (Å²) >= 11 is 3.42. The third-order valence-corrected chi connectivity index (χ3v) is 5.27. The number of para-hydroxylation sites is 1. The highest BCUT2D eigenvalue weighted by molar-refractivity contribution is 9.10. The molecule has 2 rings (SSSR count). The molecule has 0 fully saturated rings. The monoisotopic (exact) mass is 472 g/mol. The summed E-state index contributed by atoms with van der Waals surface area (Å²) in [6.45, 7) is 6.12. The van der Waals surface area contributed by atoms with Crippen molar-refractivity contribution in [2.24, 2.45) is 0 Å². The number of ether oxygens (including phenoxy) is 1. The minimum absolute atomic E-state index is 0.181. The molecule has 1 atom stereocenters. The molecule has 0 saturated heterocycles. The first-order valence-corrected chi connectivity index (χ1v) is 10.8. The Morgan fingerprint density at radius 2 is 1.93 bits per heavy atom. The van der Waals surface area contributed by atoms with Gasteiger partial charge in [-0.2, -0.15) is 0 Å². The summed E-state index contributed by atoms with van der Waals surface area (Å²) in [7, 11) is 0. The second kappa shape index (κ2) is 12.4. The second-order valence-corrected chi connectivity index (χ2v) is 7.88. The SMILES string of the molecule is C=C(COc1ccccc1)/C(=C/CO)C(O)CC/C(=C/c1cc(Br)ccc1O)CC. The van der Waals surface area contributed by atoms with Gasteiger partial charge in [-0.15, -0.1) is 0 Å². The maximum atomic E-state index is 10.7. The van der Waals surface area contributed by atoms with Gasteiger partial charge in [0.1, 0.15) is 18.1 Å². The van der Waals surface area contributed by atoms with Crippen molar-refractivity contribution in [2.75, 3.05) is 13.2 Å². The lowest BCUT2D eigenvalue weighted by atomic mass is 9.95. The Morgan fingerprint density at radius 1 is 1.20 bits per heavy atom. The lowest BCUT2D eigenvalue weighted by Gasteiger charge is -2.19. The summed E-state index contributed by atoms with van der Waals surface area (Å²) in [6, 6.07) is 14.7. The predicted octanol–water partition coefficient (Wildman–Crippen LogP) is 5.64. The number of aromatic hydroxyl groups is 1. The van der Waals surface area contributed by atoms with Gasteiger partial charge in [-0.3, -0.25) is 0 Å². The summed E-state index contributed by atoms with van der Waals surface area (Å²) in [4.78, 5) is 0. The van der Waals surface area contributed by atoms with Crippen LogP contribution < -0.4 is 4.74 Å². The minimum Gasteiger partial charge on any atom is -0.507 e. The van der Waals surface area contributed by atoms with E-state index in [-0.39, 0.29) is 19.0 Å². The van der Waals surface area contributed by atoms with Crippen LogP contribution in [-0.4, -0.2) is 34.6 Å². The number of phenols is 1. The molecule has 0 aliphatic rings. The van der Waals surface area contributed by atoms with Crippen LogP contribution in [0.25, 0.3) is 6.08 Å². The van der Waals surface area contributed by atoms with Crippen molar-refractivity contribution < 1.29 is 20.1 Å². The summed E-state index contributed by atoms with van der Waals surface area (Å²) in [5.41, 5.74) is 3.07. The standard InChI is InChI=1S/C25H29BrO4/c1-3-19(15-20-16-21(26)10-12-24(20)28)9-11-25(29)23(13-14-27)18(2)17-30-22-7-5-4-6-8-22/h4-8,10,12-13,15-16,25,27-29H,2-3,9,11,14,17H2,1H3/b19-15+,23-13-. The molecule has 0 heterocycles. The maximum absolute atomic E-state index is 10.7. The van der Waals surface area contributed by atoms with E-state index in [0.29, 0.717) is 24.0 Å². The van der Waals surface area contributed by atoms with Gasteiger partial charge in [0, 0.05) is 10.0 Å². The molecule has 0 radical (unpaired) electrons. The Balaban J connectivity index is 2.01. The molecule has 1 unspecified atom stereocenters. The lowest BCUT2D eigenvalue weighted by molar-refractivity contribution is 0.198. The van der Waals surface area contributed by atoms with Crippen LogP contribution in [0.1, 0.15) is 31.7 Å². The molecule has 5 heteroatoms. The Hall–Kier alpha value is -2.34. The van der Waals surface area contributed by atoms with E-state index in [9.17, 15) is 15.3 Å². The van der Waals surface area contributed by atoms with Crippen LogP contribution in [0.4, 0.5) is 0 Å². The van der Waals surface area contributed by atoms with Gasteiger partial charge in [0.2, 0.25) is 0 Å². The van der Waals surface area contributed by atoms with E-state index in [1.165, 1.54) is 0 Å². The van der Waals surface area contributed by atoms with Crippen molar-refractivity contribution in [3.8, 4) is 11.5 Å². The highest BCUT2D eigenvalue weighted by atomic mass is 79.9. The fourth-order valence-electron chi connectivity index (χ4n) is 3.07. The van der Waals surface area contributed by atoms with Crippen LogP contribution in [0, 0.1) is 0 Å². The van der Waals surface area contributed by atoms with Gasteiger partial charge in [-0.05, 0) is 60.7 Å². The smallest absolute Gasteiger partial charge is 0.122 e. The molecule has 2 aromatic rings. The first kappa shape index (κ1) is 23.9. The molecule has 0 saturated carbocycles. The molecule has 0 aliphatic carbocycles. The van der Waals surface area contributed by atoms with E-state index in [1.54, 1.807) is 18.2 Å². The Labute approximate surface area is 187 Å². The van der Waals surface area contributed by atoms with Gasteiger partial charge >= 0.3 is 0 Å². The van der Waals surface area contributed by atoms with Gasteiger partial charge in [0.15, 0.2) is 0 Å². The predicted molar refractivity (Wildman–Crippen MR) is 126 cm³/mol. The summed E-state index contributed by atoms with van der Waals surface area (Å²) in [5, 5.41) is 30.2. The minimum atomic E-state index is -0.768. The van der Waals surface area contributed by atoms with Gasteiger partial charge < -0.3 is 20.1 Å². The number of hydrogen-bond acceptors (Lipinski definition) is 4. The zero-order valence-corrected chi connectivity index (χ0v) is 18.8. The van der Waals surface area contributed by atoms with Crippen molar-refractivity contribution in [3.63, 3.8) is 0 Å². The van der Waals surface area contributed by atoms with Crippen molar-refractivity contribution in [2.45, 2.75) is 32.3 Å². The number of rotatable bonds is 11. The Kier molecular flexibility index (Phi) is 9.87. The van der Waals surface area contributed by atoms with Crippen LogP contribution in [0.2, 0.25) is 0 Å². The number of benzene rings is 2. The molecular weight excluding hydrogens is 444 g/mol. The fourth-order valence-corrected chi connectivity index (χ4v) is 3.45. The van der Waals surface area contributed by atoms with E-state index in [1.807, 2.05) is 49.4 Å². The summed E-state index contributed by atoms with van der Waals surface area (Å²) in [5.74, 6) is 0.943. The number of aliphatic hydroxyl groups is 2. The first-order valence-electron chi connectivity index (χ1n) is 9.97. The topological polar surface area (TPSA) is 69.9 Å². The second-order valence-electron chi connectivity index (χ2n) is 6.96. The van der Waals surface area contributed by atoms with Crippen LogP contribution in [-0.2, 0) is 0 Å². The largest absolute Gasteiger partial charge is 0.507 e. The molecule has 0 spiro atoms. The first-order chi connectivity index (χ1) is 14.4. The number of halogens is 1. The molecule has 2 aromatic carbocycles. The number of phenolic OH excluding ortho intramolecular Hbond substituents is 1. The van der Waals surface area contributed by atoms with Gasteiger partial charge in [0.05, 0.1) is 12.7 Å². The van der Waals surface area contributed by atoms with Crippen LogP contribution in [0.15, 0.2) is 82.4 Å². The highest BCUT2D eigenvalue weighted by Gasteiger charge is 2.15. The van der Waals surface area contributed by atoms with Gasteiger partial charge in [0.25, 0.3) is 0 Å². The Morgan fingerprint density at radius 3 is 2.60 bits per heavy atom. The van der Waals surface area contributed by atoms with Crippen molar-refractivity contribution in [3.05, 3.63) is 87.9 Å². The number of allylic oxidation sites excluding steroid dienone is 1. The quantitative estimate of drug-likeness (QED) is 0.370. The van der Waals surface area contributed by atoms with Crippen molar-refractivity contribution in [1.29, 1.82) is 0 Å². The third-order valence-electron chi connectivity index (χ3n) is 4.78. The van der Waals surface area contributed by atoms with Gasteiger partial charge in [-0.1, -0.05) is 65.4 Å². The molecule has 160 valence electrons. The molecular formula is C25H29BrO4. The molecule has 0 aliphatic heterocycles. The van der Waals surface area contributed by atoms with Crippen LogP contribution in [0.3, 0.4) is 0 Å². The van der Waals surface area contributed by atoms with E-state index < -0.39 is 6.10 Å². The van der Waals surface area contributed by atoms with Crippen molar-refractivity contribution in [1.82, 2.24) is 0 Å². The fraction of sp³-hybridized carbons (Fsp3) is 0.280. The van der Waals surface area contributed by atoms with Crippen LogP contribution in [0.5, 0.6) is 11.5 Å². The van der Waals surface area contributed by atoms with Crippen molar-refractivity contribution >= 4 is 22.0 Å². The molecule has 0 amide bonds. The van der Waals surface area contributed by atoms with E-state index in [0.717, 1.165) is 27.8 Å². The van der Waals surface area contributed by atoms with E-state index in [4.69, 9.17) is 4.74 Å². The van der Waals surface area contributed by atoms with E-state index >= 15 is 0 Å². The zero-order valence-electron chi connectivity index (χ0n) is 17.2. The molecule has 4 nitrogen and oxygen atoms in total. The average molecular weight is 473 g/mol.